The lowest BCUT2D eigenvalue weighted by molar-refractivity contribution is 1.54. The molecular formula is C24H12Br3N3. The van der Waals surface area contributed by atoms with Crippen molar-refractivity contribution in [1.29, 1.82) is 0 Å². The third-order valence-corrected chi connectivity index (χ3v) is 7.51. The van der Waals surface area contributed by atoms with Gasteiger partial charge in [0.15, 0.2) is 0 Å². The molecule has 7 rings (SSSR count). The van der Waals surface area contributed by atoms with Crippen LogP contribution in [0.5, 0.6) is 0 Å². The fourth-order valence-corrected chi connectivity index (χ4v) is 5.92. The Labute approximate surface area is 195 Å². The zero-order chi connectivity index (χ0) is 20.1. The van der Waals surface area contributed by atoms with E-state index < -0.39 is 0 Å². The van der Waals surface area contributed by atoms with Crippen molar-refractivity contribution in [3.05, 3.63) is 68.0 Å². The van der Waals surface area contributed by atoms with Gasteiger partial charge in [0.1, 0.15) is 0 Å². The van der Waals surface area contributed by atoms with Crippen LogP contribution < -0.4 is 0 Å². The highest BCUT2D eigenvalue weighted by atomic mass is 79.9. The molecule has 0 unspecified atom stereocenters. The number of halogens is 3. The van der Waals surface area contributed by atoms with E-state index in [9.17, 15) is 0 Å². The summed E-state index contributed by atoms with van der Waals surface area (Å²) in [6, 6.07) is 19.3. The number of rotatable bonds is 0. The zero-order valence-electron chi connectivity index (χ0n) is 15.3. The summed E-state index contributed by atoms with van der Waals surface area (Å²) in [5.74, 6) is 0. The van der Waals surface area contributed by atoms with Crippen molar-refractivity contribution in [2.75, 3.05) is 0 Å². The average Bonchev–Trinajstić information content (AvgIpc) is 3.38. The second-order valence-corrected chi connectivity index (χ2v) is 10.4. The third-order valence-electron chi connectivity index (χ3n) is 6.03. The van der Waals surface area contributed by atoms with Gasteiger partial charge in [0.25, 0.3) is 0 Å². The average molecular weight is 582 g/mol. The Morgan fingerprint density at radius 1 is 0.433 bits per heavy atom. The van der Waals surface area contributed by atoms with Crippen LogP contribution in [0.3, 0.4) is 0 Å². The van der Waals surface area contributed by atoms with Crippen LogP contribution in [0.15, 0.2) is 68.0 Å². The van der Waals surface area contributed by atoms with Crippen LogP contribution in [-0.4, -0.2) is 15.0 Å². The third kappa shape index (κ3) is 2.19. The van der Waals surface area contributed by atoms with Crippen LogP contribution in [0.25, 0.3) is 65.4 Å². The van der Waals surface area contributed by atoms with Crippen LogP contribution in [0.1, 0.15) is 0 Å². The highest BCUT2D eigenvalue weighted by Crippen LogP contribution is 2.45. The second kappa shape index (κ2) is 5.90. The number of aromatic amines is 3. The first-order valence-electron chi connectivity index (χ1n) is 9.53. The normalized spacial score (nSPS) is 12.5. The Balaban J connectivity index is 1.90. The number of aromatic nitrogens is 3. The first-order valence-corrected chi connectivity index (χ1v) is 11.9. The Morgan fingerprint density at radius 3 is 1.03 bits per heavy atom. The fourth-order valence-electron chi connectivity index (χ4n) is 4.83. The predicted octanol–water partition coefficient (Wildman–Crippen LogP) is 8.88. The highest BCUT2D eigenvalue weighted by Gasteiger charge is 2.21. The minimum Gasteiger partial charge on any atom is -0.354 e. The van der Waals surface area contributed by atoms with Crippen LogP contribution in [-0.2, 0) is 0 Å². The summed E-state index contributed by atoms with van der Waals surface area (Å²) in [4.78, 5) is 11.1. The molecule has 0 aliphatic rings. The second-order valence-electron chi connectivity index (χ2n) is 7.69. The topological polar surface area (TPSA) is 47.4 Å². The largest absolute Gasteiger partial charge is 0.354 e. The molecule has 0 radical (unpaired) electrons. The van der Waals surface area contributed by atoms with E-state index in [1.165, 1.54) is 32.3 Å². The number of fused-ring (bicyclic) bond motifs is 12. The minimum atomic E-state index is 1.07. The van der Waals surface area contributed by atoms with Crippen molar-refractivity contribution in [2.45, 2.75) is 0 Å². The van der Waals surface area contributed by atoms with Gasteiger partial charge in [-0.3, -0.25) is 0 Å². The van der Waals surface area contributed by atoms with Crippen molar-refractivity contribution >= 4 is 113 Å². The van der Waals surface area contributed by atoms with Crippen LogP contribution >= 0.6 is 47.8 Å². The van der Waals surface area contributed by atoms with Gasteiger partial charge >= 0.3 is 0 Å². The Kier molecular flexibility index (Phi) is 3.42. The Morgan fingerprint density at radius 2 is 0.733 bits per heavy atom. The maximum Gasteiger partial charge on any atom is 0.0588 e. The van der Waals surface area contributed by atoms with Gasteiger partial charge in [0, 0.05) is 62.3 Å². The molecule has 6 heteroatoms. The van der Waals surface area contributed by atoms with Gasteiger partial charge in [0.05, 0.1) is 16.6 Å². The standard InChI is InChI=1S/C24H12Br3N3/c25-10-1-4-16-13(7-10)19-22(28-16)20-14-8-11(26)2-5-17(14)30-24(20)21-15-9-12(27)3-6-18(15)29-23(19)21/h1-9,28-30H. The molecule has 0 spiro atoms. The van der Waals surface area contributed by atoms with Crippen LogP contribution in [0, 0.1) is 0 Å². The van der Waals surface area contributed by atoms with Gasteiger partial charge in [-0.15, -0.1) is 0 Å². The molecule has 0 bridgehead atoms. The van der Waals surface area contributed by atoms with Crippen molar-refractivity contribution in [3.63, 3.8) is 0 Å². The number of hydrogen-bond acceptors (Lipinski definition) is 0. The maximum absolute atomic E-state index is 3.71. The monoisotopic (exact) mass is 579 g/mol. The molecule has 0 aliphatic carbocycles. The number of nitrogens with one attached hydrogen (secondary N) is 3. The maximum atomic E-state index is 3.71. The highest BCUT2D eigenvalue weighted by molar-refractivity contribution is 9.11. The molecule has 7 aromatic rings. The first-order chi connectivity index (χ1) is 14.6. The fraction of sp³-hybridized carbons (Fsp3) is 0. The number of benzene rings is 4. The lowest BCUT2D eigenvalue weighted by Crippen LogP contribution is -1.78. The van der Waals surface area contributed by atoms with E-state index in [4.69, 9.17) is 0 Å². The molecular weight excluding hydrogens is 570 g/mol. The van der Waals surface area contributed by atoms with E-state index in [1.54, 1.807) is 0 Å². The molecule has 0 atom stereocenters. The van der Waals surface area contributed by atoms with Gasteiger partial charge < -0.3 is 15.0 Å². The number of hydrogen-bond donors (Lipinski definition) is 3. The van der Waals surface area contributed by atoms with E-state index in [0.29, 0.717) is 0 Å². The molecule has 0 amide bonds. The lowest BCUT2D eigenvalue weighted by Gasteiger charge is -2.01. The summed E-state index contributed by atoms with van der Waals surface area (Å²) in [6.45, 7) is 0. The summed E-state index contributed by atoms with van der Waals surface area (Å²) in [5.41, 5.74) is 6.85. The molecule has 144 valence electrons. The minimum absolute atomic E-state index is 1.07. The Hall–Kier alpha value is -2.28. The van der Waals surface area contributed by atoms with Gasteiger partial charge in [0.2, 0.25) is 0 Å². The smallest absolute Gasteiger partial charge is 0.0588 e. The van der Waals surface area contributed by atoms with E-state index in [-0.39, 0.29) is 0 Å². The molecule has 3 aromatic heterocycles. The summed E-state index contributed by atoms with van der Waals surface area (Å²) in [5, 5.41) is 7.30. The van der Waals surface area contributed by atoms with Crippen molar-refractivity contribution in [1.82, 2.24) is 15.0 Å². The van der Waals surface area contributed by atoms with E-state index in [2.05, 4.69) is 117 Å². The molecule has 3 heterocycles. The summed E-state index contributed by atoms with van der Waals surface area (Å²) in [7, 11) is 0. The molecule has 30 heavy (non-hydrogen) atoms. The van der Waals surface area contributed by atoms with Gasteiger partial charge in [-0.25, -0.2) is 0 Å². The van der Waals surface area contributed by atoms with Crippen molar-refractivity contribution in [2.24, 2.45) is 0 Å². The van der Waals surface area contributed by atoms with Gasteiger partial charge in [-0.1, -0.05) is 47.8 Å². The SMILES string of the molecule is Brc1ccc2[nH]c3c(c2c1)c1[nH]c2ccc(Br)cc2c1c1[nH]c2ccc(Br)cc2c31. The van der Waals surface area contributed by atoms with E-state index in [1.807, 2.05) is 0 Å². The van der Waals surface area contributed by atoms with Crippen LogP contribution in [0.2, 0.25) is 0 Å². The predicted molar refractivity (Wildman–Crippen MR) is 138 cm³/mol. The summed E-state index contributed by atoms with van der Waals surface area (Å²) in [6.07, 6.45) is 0. The van der Waals surface area contributed by atoms with Gasteiger partial charge in [-0.2, -0.15) is 0 Å². The summed E-state index contributed by atoms with van der Waals surface area (Å²) < 4.78 is 3.22. The van der Waals surface area contributed by atoms with E-state index >= 15 is 0 Å². The van der Waals surface area contributed by atoms with E-state index in [0.717, 1.165) is 46.5 Å². The zero-order valence-corrected chi connectivity index (χ0v) is 20.1. The summed E-state index contributed by atoms with van der Waals surface area (Å²) >= 11 is 11.0. The van der Waals surface area contributed by atoms with Crippen molar-refractivity contribution < 1.29 is 0 Å². The number of H-pyrrole nitrogens is 3. The Bertz CT molecular complexity index is 1590. The molecule has 3 N–H and O–H groups in total. The molecule has 0 fully saturated rings. The molecule has 0 saturated carbocycles. The van der Waals surface area contributed by atoms with Crippen LogP contribution in [0.4, 0.5) is 0 Å². The molecule has 0 saturated heterocycles. The molecule has 3 nitrogen and oxygen atoms in total. The van der Waals surface area contributed by atoms with Crippen molar-refractivity contribution in [3.8, 4) is 0 Å². The molecule has 4 aromatic carbocycles. The lowest BCUT2D eigenvalue weighted by atomic mass is 10.0. The first kappa shape index (κ1) is 17.4. The molecule has 0 aliphatic heterocycles. The van der Waals surface area contributed by atoms with Gasteiger partial charge in [-0.05, 0) is 54.6 Å². The quantitative estimate of drug-likeness (QED) is 0.160.